The zero-order valence-electron chi connectivity index (χ0n) is 9.79. The third kappa shape index (κ3) is 3.80. The predicted octanol–water partition coefficient (Wildman–Crippen LogP) is 0.953. The van der Waals surface area contributed by atoms with Crippen LogP contribution < -0.4 is 5.32 Å². The number of ether oxygens (including phenoxy) is 2. The van der Waals surface area contributed by atoms with E-state index in [1.54, 1.807) is 0 Å². The average Bonchev–Trinajstić information content (AvgIpc) is 2.28. The highest BCUT2D eigenvalue weighted by atomic mass is 16.5. The van der Waals surface area contributed by atoms with Crippen molar-refractivity contribution >= 4 is 5.97 Å². The van der Waals surface area contributed by atoms with E-state index in [9.17, 15) is 4.79 Å². The van der Waals surface area contributed by atoms with E-state index >= 15 is 0 Å². The van der Waals surface area contributed by atoms with Gasteiger partial charge in [0, 0.05) is 18.7 Å². The number of carbonyl (C=O) groups is 1. The number of hydrogen-bond acceptors (Lipinski definition) is 4. The van der Waals surface area contributed by atoms with Gasteiger partial charge in [0.2, 0.25) is 0 Å². The van der Waals surface area contributed by atoms with E-state index in [1.165, 1.54) is 7.11 Å². The fourth-order valence-electron chi connectivity index (χ4n) is 1.78. The minimum atomic E-state index is -0.160. The first-order chi connectivity index (χ1) is 7.15. The molecule has 1 N–H and O–H groups in total. The topological polar surface area (TPSA) is 47.6 Å². The van der Waals surface area contributed by atoms with Crippen LogP contribution in [-0.4, -0.2) is 38.4 Å². The molecule has 0 aromatic rings. The molecule has 0 radical (unpaired) electrons. The fraction of sp³-hybridized carbons (Fsp3) is 0.909. The zero-order chi connectivity index (χ0) is 11.3. The Hall–Kier alpha value is -0.610. The number of esters is 1. The molecular formula is C11H21NO3. The molecule has 1 aliphatic rings. The molecule has 4 heteroatoms. The average molecular weight is 215 g/mol. The summed E-state index contributed by atoms with van der Waals surface area (Å²) in [6.45, 7) is 5.50. The summed E-state index contributed by atoms with van der Waals surface area (Å²) in [7, 11) is 1.43. The van der Waals surface area contributed by atoms with Crippen LogP contribution in [-0.2, 0) is 14.3 Å². The van der Waals surface area contributed by atoms with E-state index in [0.717, 1.165) is 26.1 Å². The van der Waals surface area contributed by atoms with Crippen molar-refractivity contribution in [1.29, 1.82) is 0 Å². The van der Waals surface area contributed by atoms with Crippen molar-refractivity contribution < 1.29 is 14.3 Å². The van der Waals surface area contributed by atoms with E-state index in [1.807, 2.05) is 13.8 Å². The van der Waals surface area contributed by atoms with Gasteiger partial charge in [-0.2, -0.15) is 0 Å². The molecule has 1 saturated heterocycles. The van der Waals surface area contributed by atoms with Gasteiger partial charge in [-0.25, -0.2) is 0 Å². The van der Waals surface area contributed by atoms with Crippen LogP contribution in [0.2, 0.25) is 0 Å². The smallest absolute Gasteiger partial charge is 0.309 e. The molecule has 1 fully saturated rings. The van der Waals surface area contributed by atoms with Gasteiger partial charge in [0.1, 0.15) is 0 Å². The Bertz CT molecular complexity index is 202. The maximum atomic E-state index is 11.3. The lowest BCUT2D eigenvalue weighted by atomic mass is 10.0. The van der Waals surface area contributed by atoms with E-state index in [4.69, 9.17) is 9.47 Å². The monoisotopic (exact) mass is 215 g/mol. The Labute approximate surface area is 91.3 Å². The summed E-state index contributed by atoms with van der Waals surface area (Å²) in [5.74, 6) is -0.274. The molecule has 1 rings (SSSR count). The van der Waals surface area contributed by atoms with Crippen molar-refractivity contribution in [1.82, 2.24) is 5.32 Å². The van der Waals surface area contributed by atoms with Crippen LogP contribution in [0, 0.1) is 5.92 Å². The second kappa shape index (κ2) is 6.08. The molecule has 3 unspecified atom stereocenters. The van der Waals surface area contributed by atoms with Crippen molar-refractivity contribution in [3.05, 3.63) is 0 Å². The number of hydrogen-bond donors (Lipinski definition) is 1. The molecule has 1 aliphatic heterocycles. The van der Waals surface area contributed by atoms with Gasteiger partial charge in [-0.1, -0.05) is 6.92 Å². The highest BCUT2D eigenvalue weighted by molar-refractivity contribution is 5.72. The Kier molecular flexibility index (Phi) is 5.05. The standard InChI is InChI=1S/C11H21NO3/c1-8(11(13)14-3)9(2)12-10-5-4-6-15-7-10/h8-10,12H,4-7H2,1-3H3. The highest BCUT2D eigenvalue weighted by Crippen LogP contribution is 2.10. The second-order valence-electron chi connectivity index (χ2n) is 4.18. The van der Waals surface area contributed by atoms with Gasteiger partial charge < -0.3 is 14.8 Å². The third-order valence-corrected chi connectivity index (χ3v) is 2.98. The summed E-state index contributed by atoms with van der Waals surface area (Å²) in [6, 6.07) is 0.505. The highest BCUT2D eigenvalue weighted by Gasteiger charge is 2.24. The van der Waals surface area contributed by atoms with Gasteiger partial charge >= 0.3 is 5.97 Å². The lowest BCUT2D eigenvalue weighted by Crippen LogP contribution is -2.46. The minimum absolute atomic E-state index is 0.114. The molecule has 1 heterocycles. The molecule has 0 bridgehead atoms. The van der Waals surface area contributed by atoms with Crippen LogP contribution in [0.15, 0.2) is 0 Å². The number of rotatable bonds is 4. The molecule has 0 aliphatic carbocycles. The van der Waals surface area contributed by atoms with Crippen molar-refractivity contribution in [2.75, 3.05) is 20.3 Å². The molecule has 3 atom stereocenters. The van der Waals surface area contributed by atoms with Crippen LogP contribution in [0.3, 0.4) is 0 Å². The molecule has 0 amide bonds. The minimum Gasteiger partial charge on any atom is -0.469 e. The summed E-state index contributed by atoms with van der Waals surface area (Å²) in [5.41, 5.74) is 0. The predicted molar refractivity (Wildman–Crippen MR) is 57.6 cm³/mol. The summed E-state index contributed by atoms with van der Waals surface area (Å²) in [4.78, 5) is 11.3. The van der Waals surface area contributed by atoms with Crippen LogP contribution in [0.5, 0.6) is 0 Å². The van der Waals surface area contributed by atoms with Gasteiger partial charge in [-0.3, -0.25) is 4.79 Å². The SMILES string of the molecule is COC(=O)C(C)C(C)NC1CCCOC1. The summed E-state index contributed by atoms with van der Waals surface area (Å²) in [5, 5.41) is 3.41. The Morgan fingerprint density at radius 1 is 1.53 bits per heavy atom. The normalized spacial score (nSPS) is 25.7. The van der Waals surface area contributed by atoms with Gasteiger partial charge in [0.25, 0.3) is 0 Å². The summed E-state index contributed by atoms with van der Waals surface area (Å²) < 4.78 is 10.1. The first kappa shape index (κ1) is 12.5. The van der Waals surface area contributed by atoms with Crippen LogP contribution in [0.25, 0.3) is 0 Å². The second-order valence-corrected chi connectivity index (χ2v) is 4.18. The quantitative estimate of drug-likeness (QED) is 0.709. The van der Waals surface area contributed by atoms with Crippen molar-refractivity contribution in [2.24, 2.45) is 5.92 Å². The van der Waals surface area contributed by atoms with Gasteiger partial charge in [0.15, 0.2) is 0 Å². The molecule has 88 valence electrons. The van der Waals surface area contributed by atoms with Crippen LogP contribution >= 0.6 is 0 Å². The zero-order valence-corrected chi connectivity index (χ0v) is 9.79. The first-order valence-electron chi connectivity index (χ1n) is 5.56. The molecule has 0 saturated carbocycles. The van der Waals surface area contributed by atoms with Crippen molar-refractivity contribution in [3.63, 3.8) is 0 Å². The summed E-state index contributed by atoms with van der Waals surface area (Å²) >= 11 is 0. The first-order valence-corrected chi connectivity index (χ1v) is 5.56. The van der Waals surface area contributed by atoms with E-state index in [-0.39, 0.29) is 17.9 Å². The number of nitrogens with one attached hydrogen (secondary N) is 1. The molecule has 0 aromatic heterocycles. The van der Waals surface area contributed by atoms with Crippen molar-refractivity contribution in [2.45, 2.75) is 38.8 Å². The third-order valence-electron chi connectivity index (χ3n) is 2.98. The lowest BCUT2D eigenvalue weighted by molar-refractivity contribution is -0.145. The molecule has 0 aromatic carbocycles. The fourth-order valence-corrected chi connectivity index (χ4v) is 1.78. The molecular weight excluding hydrogens is 194 g/mol. The molecule has 4 nitrogen and oxygen atoms in total. The number of methoxy groups -OCH3 is 1. The largest absolute Gasteiger partial charge is 0.469 e. The number of carbonyl (C=O) groups excluding carboxylic acids is 1. The summed E-state index contributed by atoms with van der Waals surface area (Å²) in [6.07, 6.45) is 2.22. The van der Waals surface area contributed by atoms with Gasteiger partial charge in [-0.15, -0.1) is 0 Å². The van der Waals surface area contributed by atoms with E-state index < -0.39 is 0 Å². The van der Waals surface area contributed by atoms with E-state index in [0.29, 0.717) is 6.04 Å². The maximum Gasteiger partial charge on any atom is 0.309 e. The van der Waals surface area contributed by atoms with Gasteiger partial charge in [-0.05, 0) is 19.8 Å². The Balaban J connectivity index is 2.32. The maximum absolute atomic E-state index is 11.3. The van der Waals surface area contributed by atoms with Crippen LogP contribution in [0.1, 0.15) is 26.7 Å². The van der Waals surface area contributed by atoms with Gasteiger partial charge in [0.05, 0.1) is 19.6 Å². The molecule has 15 heavy (non-hydrogen) atoms. The van der Waals surface area contributed by atoms with Crippen molar-refractivity contribution in [3.8, 4) is 0 Å². The van der Waals surface area contributed by atoms with E-state index in [2.05, 4.69) is 5.32 Å². The van der Waals surface area contributed by atoms with Crippen LogP contribution in [0.4, 0.5) is 0 Å². The molecule has 0 spiro atoms. The lowest BCUT2D eigenvalue weighted by Gasteiger charge is -2.28. The Morgan fingerprint density at radius 3 is 2.80 bits per heavy atom. The Morgan fingerprint density at radius 2 is 2.27 bits per heavy atom.